The molecule has 0 radical (unpaired) electrons. The first-order valence-corrected chi connectivity index (χ1v) is 6.91. The number of aromatic nitrogens is 3. The van der Waals surface area contributed by atoms with E-state index in [-0.39, 0.29) is 0 Å². The van der Waals surface area contributed by atoms with Crippen LogP contribution >= 0.6 is 27.5 Å². The maximum Gasteiger partial charge on any atom is 0.0692 e. The molecule has 0 atom stereocenters. The molecule has 1 aromatic carbocycles. The molecule has 96 valence electrons. The number of nitrogens with zero attached hydrogens (tertiary/aromatic N) is 3. The van der Waals surface area contributed by atoms with Gasteiger partial charge >= 0.3 is 0 Å². The van der Waals surface area contributed by atoms with Crippen LogP contribution in [0.4, 0.5) is 0 Å². The molecule has 6 heteroatoms. The lowest BCUT2D eigenvalue weighted by Gasteiger charge is -2.07. The number of halogens is 2. The Balaban J connectivity index is 1.70. The maximum atomic E-state index is 6.11. The van der Waals surface area contributed by atoms with E-state index < -0.39 is 0 Å². The summed E-state index contributed by atoms with van der Waals surface area (Å²) in [6.45, 7) is 2.57. The highest BCUT2D eigenvalue weighted by Crippen LogP contribution is 2.20. The Morgan fingerprint density at radius 2 is 2.28 bits per heavy atom. The molecule has 2 rings (SSSR count). The van der Waals surface area contributed by atoms with E-state index in [0.717, 1.165) is 41.1 Å². The number of nitrogens with one attached hydrogen (secondary N) is 1. The van der Waals surface area contributed by atoms with Gasteiger partial charge in [0.2, 0.25) is 0 Å². The molecule has 1 heterocycles. The monoisotopic (exact) mass is 328 g/mol. The average molecular weight is 330 g/mol. The van der Waals surface area contributed by atoms with Crippen molar-refractivity contribution in [3.05, 3.63) is 45.7 Å². The molecule has 0 saturated carbocycles. The van der Waals surface area contributed by atoms with E-state index in [2.05, 4.69) is 31.6 Å². The molecule has 0 fully saturated rings. The van der Waals surface area contributed by atoms with Crippen LogP contribution in [0.3, 0.4) is 0 Å². The van der Waals surface area contributed by atoms with Crippen LogP contribution in [0.1, 0.15) is 12.0 Å². The largest absolute Gasteiger partial charge is 0.313 e. The fourth-order valence-electron chi connectivity index (χ4n) is 1.62. The summed E-state index contributed by atoms with van der Waals surface area (Å²) in [5.41, 5.74) is 1.10. The molecule has 18 heavy (non-hydrogen) atoms. The molecule has 0 amide bonds. The van der Waals surface area contributed by atoms with Crippen LogP contribution in [-0.2, 0) is 13.1 Å². The van der Waals surface area contributed by atoms with Crippen molar-refractivity contribution in [2.24, 2.45) is 0 Å². The lowest BCUT2D eigenvalue weighted by Crippen LogP contribution is -2.17. The second kappa shape index (κ2) is 6.87. The number of hydrogen-bond acceptors (Lipinski definition) is 3. The van der Waals surface area contributed by atoms with E-state index in [1.807, 2.05) is 29.1 Å². The number of hydrogen-bond donors (Lipinski definition) is 1. The Morgan fingerprint density at radius 1 is 1.39 bits per heavy atom. The molecule has 4 nitrogen and oxygen atoms in total. The van der Waals surface area contributed by atoms with Crippen molar-refractivity contribution in [2.75, 3.05) is 6.54 Å². The van der Waals surface area contributed by atoms with E-state index in [4.69, 9.17) is 11.6 Å². The topological polar surface area (TPSA) is 42.7 Å². The van der Waals surface area contributed by atoms with Gasteiger partial charge in [0, 0.05) is 28.8 Å². The van der Waals surface area contributed by atoms with Gasteiger partial charge in [0.15, 0.2) is 0 Å². The zero-order chi connectivity index (χ0) is 12.8. The van der Waals surface area contributed by atoms with Crippen molar-refractivity contribution in [2.45, 2.75) is 19.5 Å². The predicted molar refractivity (Wildman–Crippen MR) is 75.5 cm³/mol. The highest BCUT2D eigenvalue weighted by Gasteiger charge is 2.00. The molecule has 0 saturated heterocycles. The quantitative estimate of drug-likeness (QED) is 0.829. The number of aryl methyl sites for hydroxylation is 1. The van der Waals surface area contributed by atoms with Crippen molar-refractivity contribution in [3.8, 4) is 0 Å². The summed E-state index contributed by atoms with van der Waals surface area (Å²) in [6.07, 6.45) is 4.56. The summed E-state index contributed by atoms with van der Waals surface area (Å²) in [6, 6.07) is 5.88. The first-order chi connectivity index (χ1) is 8.75. The molecular formula is C12H14BrClN4. The van der Waals surface area contributed by atoms with Gasteiger partial charge in [0.25, 0.3) is 0 Å². The van der Waals surface area contributed by atoms with Gasteiger partial charge in [-0.1, -0.05) is 32.7 Å². The summed E-state index contributed by atoms with van der Waals surface area (Å²) in [5.74, 6) is 0. The third-order valence-electron chi connectivity index (χ3n) is 2.54. The van der Waals surface area contributed by atoms with E-state index in [1.54, 1.807) is 6.20 Å². The summed E-state index contributed by atoms with van der Waals surface area (Å²) in [5, 5.41) is 11.8. The Morgan fingerprint density at radius 3 is 3.06 bits per heavy atom. The second-order valence-electron chi connectivity index (χ2n) is 3.93. The number of benzene rings is 1. The molecule has 0 unspecified atom stereocenters. The van der Waals surface area contributed by atoms with E-state index >= 15 is 0 Å². The first-order valence-electron chi connectivity index (χ1n) is 5.74. The lowest BCUT2D eigenvalue weighted by molar-refractivity contribution is 0.530. The minimum Gasteiger partial charge on any atom is -0.313 e. The van der Waals surface area contributed by atoms with E-state index in [9.17, 15) is 0 Å². The van der Waals surface area contributed by atoms with Crippen molar-refractivity contribution in [3.63, 3.8) is 0 Å². The van der Waals surface area contributed by atoms with Gasteiger partial charge in [-0.3, -0.25) is 4.68 Å². The first kappa shape index (κ1) is 13.5. The standard InChI is InChI=1S/C12H14BrClN4/c13-11-2-3-12(14)10(8-11)9-15-4-1-6-18-7-5-16-17-18/h2-3,5,7-8,15H,1,4,6,9H2. The van der Waals surface area contributed by atoms with E-state index in [1.165, 1.54) is 0 Å². The van der Waals surface area contributed by atoms with Crippen LogP contribution < -0.4 is 5.32 Å². The average Bonchev–Trinajstić information content (AvgIpc) is 2.86. The van der Waals surface area contributed by atoms with Gasteiger partial charge in [0.05, 0.1) is 6.20 Å². The predicted octanol–water partition coefficient (Wildman–Crippen LogP) is 2.87. The zero-order valence-corrected chi connectivity index (χ0v) is 12.2. The highest BCUT2D eigenvalue weighted by atomic mass is 79.9. The fourth-order valence-corrected chi connectivity index (χ4v) is 2.21. The van der Waals surface area contributed by atoms with Gasteiger partial charge in [0.1, 0.15) is 0 Å². The minimum absolute atomic E-state index is 0.773. The van der Waals surface area contributed by atoms with Crippen LogP contribution in [0, 0.1) is 0 Å². The molecule has 0 bridgehead atoms. The third kappa shape index (κ3) is 4.08. The van der Waals surface area contributed by atoms with Gasteiger partial charge in [-0.2, -0.15) is 0 Å². The second-order valence-corrected chi connectivity index (χ2v) is 5.26. The van der Waals surface area contributed by atoms with Crippen LogP contribution in [0.2, 0.25) is 5.02 Å². The summed E-state index contributed by atoms with van der Waals surface area (Å²) >= 11 is 9.55. The molecule has 0 aliphatic carbocycles. The zero-order valence-electron chi connectivity index (χ0n) is 9.81. The van der Waals surface area contributed by atoms with Gasteiger partial charge in [-0.05, 0) is 36.7 Å². The molecule has 1 aromatic heterocycles. The third-order valence-corrected chi connectivity index (χ3v) is 3.40. The van der Waals surface area contributed by atoms with Crippen molar-refractivity contribution in [1.82, 2.24) is 20.3 Å². The molecule has 0 aliphatic heterocycles. The SMILES string of the molecule is Clc1ccc(Br)cc1CNCCCn1ccnn1. The molecule has 0 aliphatic rings. The normalized spacial score (nSPS) is 10.8. The van der Waals surface area contributed by atoms with Crippen LogP contribution in [-0.4, -0.2) is 21.5 Å². The summed E-state index contributed by atoms with van der Waals surface area (Å²) in [4.78, 5) is 0. The van der Waals surface area contributed by atoms with E-state index in [0.29, 0.717) is 0 Å². The number of rotatable bonds is 6. The lowest BCUT2D eigenvalue weighted by atomic mass is 10.2. The highest BCUT2D eigenvalue weighted by molar-refractivity contribution is 9.10. The van der Waals surface area contributed by atoms with Crippen LogP contribution in [0.5, 0.6) is 0 Å². The Labute approximate surface area is 119 Å². The van der Waals surface area contributed by atoms with Gasteiger partial charge in [-0.15, -0.1) is 5.10 Å². The van der Waals surface area contributed by atoms with Crippen LogP contribution in [0.15, 0.2) is 35.1 Å². The Hall–Kier alpha value is -0.910. The van der Waals surface area contributed by atoms with Crippen molar-refractivity contribution >= 4 is 27.5 Å². The van der Waals surface area contributed by atoms with Gasteiger partial charge in [-0.25, -0.2) is 0 Å². The smallest absolute Gasteiger partial charge is 0.0692 e. The minimum atomic E-state index is 0.773. The van der Waals surface area contributed by atoms with Crippen molar-refractivity contribution < 1.29 is 0 Å². The summed E-state index contributed by atoms with van der Waals surface area (Å²) < 4.78 is 2.87. The molecule has 2 aromatic rings. The Bertz CT molecular complexity index is 487. The molecule has 1 N–H and O–H groups in total. The fraction of sp³-hybridized carbons (Fsp3) is 0.333. The van der Waals surface area contributed by atoms with Crippen LogP contribution in [0.25, 0.3) is 0 Å². The maximum absolute atomic E-state index is 6.11. The Kier molecular flexibility index (Phi) is 5.16. The summed E-state index contributed by atoms with van der Waals surface area (Å²) in [7, 11) is 0. The molecular weight excluding hydrogens is 316 g/mol. The van der Waals surface area contributed by atoms with Gasteiger partial charge < -0.3 is 5.32 Å². The molecule has 0 spiro atoms. The van der Waals surface area contributed by atoms with Crippen molar-refractivity contribution in [1.29, 1.82) is 0 Å².